The molecule has 0 aromatic heterocycles. The van der Waals surface area contributed by atoms with Gasteiger partial charge in [-0.2, -0.15) is 0 Å². The van der Waals surface area contributed by atoms with Crippen molar-refractivity contribution in [3.63, 3.8) is 0 Å². The molecule has 0 aliphatic carbocycles. The molecule has 0 bridgehead atoms. The molecule has 0 saturated carbocycles. The zero-order valence-corrected chi connectivity index (χ0v) is 11.3. The van der Waals surface area contributed by atoms with Gasteiger partial charge in [-0.15, -0.1) is 0 Å². The van der Waals surface area contributed by atoms with Crippen molar-refractivity contribution in [3.05, 3.63) is 0 Å². The largest absolute Gasteiger partial charge is 0.463 e. The molecule has 0 radical (unpaired) electrons. The number of carbonyl (C=O) groups is 1. The van der Waals surface area contributed by atoms with E-state index in [1.165, 1.54) is 0 Å². The maximum atomic E-state index is 11.2. The predicted octanol–water partition coefficient (Wildman–Crippen LogP) is 1.88. The fourth-order valence-electron chi connectivity index (χ4n) is 1.54. The van der Waals surface area contributed by atoms with Crippen LogP contribution in [0.1, 0.15) is 53.4 Å². The van der Waals surface area contributed by atoms with Crippen LogP contribution in [-0.2, 0) is 9.53 Å². The van der Waals surface area contributed by atoms with Gasteiger partial charge in [-0.3, -0.25) is 4.79 Å². The molecule has 4 nitrogen and oxygen atoms in total. The van der Waals surface area contributed by atoms with E-state index in [-0.39, 0.29) is 18.9 Å². The third-order valence-corrected chi connectivity index (χ3v) is 2.39. The van der Waals surface area contributed by atoms with Crippen molar-refractivity contribution in [2.45, 2.75) is 71.7 Å². The molecule has 0 amide bonds. The maximum Gasteiger partial charge on any atom is 0.308 e. The van der Waals surface area contributed by atoms with Crippen LogP contribution in [0.25, 0.3) is 0 Å². The van der Waals surface area contributed by atoms with Gasteiger partial charge in [0.2, 0.25) is 0 Å². The van der Waals surface area contributed by atoms with Crippen molar-refractivity contribution >= 4 is 5.97 Å². The summed E-state index contributed by atoms with van der Waals surface area (Å²) in [5.74, 6) is 0.122. The molecule has 0 aliphatic heterocycles. The summed E-state index contributed by atoms with van der Waals surface area (Å²) in [7, 11) is 0. The normalized spacial score (nSPS) is 15.1. The van der Waals surface area contributed by atoms with E-state index >= 15 is 0 Å². The molecule has 0 spiro atoms. The fraction of sp³-hybridized carbons (Fsp3) is 0.923. The topological polar surface area (TPSA) is 66.8 Å². The van der Waals surface area contributed by atoms with Crippen LogP contribution < -0.4 is 0 Å². The monoisotopic (exact) mass is 246 g/mol. The van der Waals surface area contributed by atoms with Crippen molar-refractivity contribution in [2.24, 2.45) is 5.92 Å². The molecule has 0 heterocycles. The highest BCUT2D eigenvalue weighted by Crippen LogP contribution is 2.12. The second-order valence-corrected chi connectivity index (χ2v) is 5.26. The summed E-state index contributed by atoms with van der Waals surface area (Å²) >= 11 is 0. The van der Waals surface area contributed by atoms with Gasteiger partial charge < -0.3 is 14.9 Å². The van der Waals surface area contributed by atoms with Gasteiger partial charge in [-0.05, 0) is 39.0 Å². The van der Waals surface area contributed by atoms with Crippen LogP contribution in [-0.4, -0.2) is 34.5 Å². The highest BCUT2D eigenvalue weighted by atomic mass is 16.5. The number of carbonyl (C=O) groups excluding carboxylic acids is 1. The lowest BCUT2D eigenvalue weighted by Gasteiger charge is -2.16. The van der Waals surface area contributed by atoms with E-state index in [0.29, 0.717) is 12.3 Å². The summed E-state index contributed by atoms with van der Waals surface area (Å²) in [6.07, 6.45) is 0.248. The van der Waals surface area contributed by atoms with Crippen molar-refractivity contribution < 1.29 is 19.7 Å². The summed E-state index contributed by atoms with van der Waals surface area (Å²) < 4.78 is 4.92. The van der Waals surface area contributed by atoms with Crippen LogP contribution in [0, 0.1) is 5.92 Å². The zero-order valence-electron chi connectivity index (χ0n) is 11.3. The van der Waals surface area contributed by atoms with Gasteiger partial charge in [0.25, 0.3) is 0 Å². The number of hydrogen-bond acceptors (Lipinski definition) is 4. The van der Waals surface area contributed by atoms with E-state index < -0.39 is 18.2 Å². The Balaban J connectivity index is 3.76. The third kappa shape index (κ3) is 10.3. The molecule has 0 aromatic rings. The van der Waals surface area contributed by atoms with Gasteiger partial charge in [0.05, 0.1) is 24.7 Å². The second kappa shape index (κ2) is 8.48. The van der Waals surface area contributed by atoms with Crippen molar-refractivity contribution in [2.75, 3.05) is 0 Å². The van der Waals surface area contributed by atoms with Crippen LogP contribution in [0.15, 0.2) is 0 Å². The molecule has 17 heavy (non-hydrogen) atoms. The van der Waals surface area contributed by atoms with Gasteiger partial charge >= 0.3 is 5.97 Å². The first-order valence-corrected chi connectivity index (χ1v) is 6.36. The molecular weight excluding hydrogens is 220 g/mol. The fourth-order valence-corrected chi connectivity index (χ4v) is 1.54. The van der Waals surface area contributed by atoms with Gasteiger partial charge in [0.15, 0.2) is 0 Å². The van der Waals surface area contributed by atoms with E-state index in [9.17, 15) is 15.0 Å². The van der Waals surface area contributed by atoms with Crippen LogP contribution in [0.2, 0.25) is 0 Å². The van der Waals surface area contributed by atoms with E-state index in [0.717, 1.165) is 6.42 Å². The van der Waals surface area contributed by atoms with Crippen molar-refractivity contribution in [1.82, 2.24) is 0 Å². The minimum Gasteiger partial charge on any atom is -0.463 e. The summed E-state index contributed by atoms with van der Waals surface area (Å²) in [5.41, 5.74) is 0. The summed E-state index contributed by atoms with van der Waals surface area (Å²) in [4.78, 5) is 11.2. The van der Waals surface area contributed by atoms with Gasteiger partial charge in [-0.25, -0.2) is 0 Å². The lowest BCUT2D eigenvalue weighted by molar-refractivity contribution is -0.149. The Morgan fingerprint density at radius 3 is 2.12 bits per heavy atom. The lowest BCUT2D eigenvalue weighted by Crippen LogP contribution is -2.23. The van der Waals surface area contributed by atoms with Crippen LogP contribution in [0.3, 0.4) is 0 Å². The molecule has 102 valence electrons. The molecule has 0 saturated heterocycles. The van der Waals surface area contributed by atoms with Crippen LogP contribution >= 0.6 is 0 Å². The predicted molar refractivity (Wildman–Crippen MR) is 66.5 cm³/mol. The molecule has 0 rings (SSSR count). The molecule has 0 fully saturated rings. The quantitative estimate of drug-likeness (QED) is 0.642. The SMILES string of the molecule is CC(C)CCC(O)CC(O)CC(=O)OC(C)C. The summed E-state index contributed by atoms with van der Waals surface area (Å²) in [6, 6.07) is 0. The smallest absolute Gasteiger partial charge is 0.308 e. The Morgan fingerprint density at radius 2 is 1.65 bits per heavy atom. The number of esters is 1. The number of hydrogen-bond donors (Lipinski definition) is 2. The molecule has 2 N–H and O–H groups in total. The number of aliphatic hydroxyl groups excluding tert-OH is 2. The number of ether oxygens (including phenoxy) is 1. The number of aliphatic hydroxyl groups is 2. The molecule has 0 aromatic carbocycles. The first-order valence-electron chi connectivity index (χ1n) is 6.36. The molecule has 2 atom stereocenters. The Morgan fingerprint density at radius 1 is 1.06 bits per heavy atom. The first-order chi connectivity index (χ1) is 7.81. The average Bonchev–Trinajstić information content (AvgIpc) is 2.12. The van der Waals surface area contributed by atoms with E-state index in [1.54, 1.807) is 13.8 Å². The highest BCUT2D eigenvalue weighted by molar-refractivity contribution is 5.70. The number of rotatable bonds is 8. The van der Waals surface area contributed by atoms with E-state index in [4.69, 9.17) is 4.74 Å². The molecular formula is C13H26O4. The van der Waals surface area contributed by atoms with Gasteiger partial charge in [-0.1, -0.05) is 13.8 Å². The minimum absolute atomic E-state index is 0.0447. The zero-order chi connectivity index (χ0) is 13.4. The van der Waals surface area contributed by atoms with E-state index in [2.05, 4.69) is 13.8 Å². The third-order valence-electron chi connectivity index (χ3n) is 2.39. The van der Waals surface area contributed by atoms with Crippen molar-refractivity contribution in [3.8, 4) is 0 Å². The van der Waals surface area contributed by atoms with Crippen LogP contribution in [0.5, 0.6) is 0 Å². The van der Waals surface area contributed by atoms with Crippen molar-refractivity contribution in [1.29, 1.82) is 0 Å². The Kier molecular flexibility index (Phi) is 8.17. The Hall–Kier alpha value is -0.610. The van der Waals surface area contributed by atoms with Gasteiger partial charge in [0, 0.05) is 0 Å². The van der Waals surface area contributed by atoms with E-state index in [1.807, 2.05) is 0 Å². The minimum atomic E-state index is -0.816. The second-order valence-electron chi connectivity index (χ2n) is 5.26. The van der Waals surface area contributed by atoms with Crippen LogP contribution in [0.4, 0.5) is 0 Å². The Labute approximate surface area is 104 Å². The summed E-state index contributed by atoms with van der Waals surface area (Å²) in [5, 5.41) is 19.3. The Bertz CT molecular complexity index is 213. The average molecular weight is 246 g/mol. The molecule has 4 heteroatoms. The summed E-state index contributed by atoms with van der Waals surface area (Å²) in [6.45, 7) is 7.70. The lowest BCUT2D eigenvalue weighted by atomic mass is 10.0. The first kappa shape index (κ1) is 16.4. The highest BCUT2D eigenvalue weighted by Gasteiger charge is 2.17. The standard InChI is InChI=1S/C13H26O4/c1-9(2)5-6-11(14)7-12(15)8-13(16)17-10(3)4/h9-12,14-15H,5-8H2,1-4H3. The molecule has 2 unspecified atom stereocenters. The molecule has 0 aliphatic rings. The maximum absolute atomic E-state index is 11.2. The van der Waals surface area contributed by atoms with Gasteiger partial charge in [0.1, 0.15) is 0 Å².